The second-order valence-electron chi connectivity index (χ2n) is 9.67. The number of carbonyl (C=O) groups excluding carboxylic acids is 4. The van der Waals surface area contributed by atoms with Gasteiger partial charge in [0.05, 0.1) is 20.6 Å². The van der Waals surface area contributed by atoms with Crippen LogP contribution >= 0.6 is 0 Å². The molecule has 0 aliphatic carbocycles. The molecule has 3 aromatic rings. The molecule has 0 unspecified atom stereocenters. The number of aliphatic carboxylic acids is 1. The average molecular weight is 605 g/mol. The lowest BCUT2D eigenvalue weighted by Gasteiger charge is -2.41. The van der Waals surface area contributed by atoms with E-state index in [-0.39, 0.29) is 36.8 Å². The number of hydrogen-bond acceptors (Lipinski definition) is 11. The number of carboxylic acids is 1. The van der Waals surface area contributed by atoms with Crippen LogP contribution in [0.4, 0.5) is 0 Å². The van der Waals surface area contributed by atoms with Crippen LogP contribution in [0.25, 0.3) is 11.4 Å². The number of carboxylic acid groups (broad SMARTS) is 1. The zero-order valence-corrected chi connectivity index (χ0v) is 23.8. The number of aromatic nitrogens is 2. The van der Waals surface area contributed by atoms with Gasteiger partial charge < -0.3 is 34.2 Å². The number of esters is 1. The minimum atomic E-state index is -1.33. The van der Waals surface area contributed by atoms with Gasteiger partial charge in [0, 0.05) is 30.6 Å². The number of nitriles is 1. The third-order valence-corrected chi connectivity index (χ3v) is 6.91. The van der Waals surface area contributed by atoms with Crippen molar-refractivity contribution in [3.63, 3.8) is 0 Å². The lowest BCUT2D eigenvalue weighted by Crippen LogP contribution is -2.63. The fourth-order valence-electron chi connectivity index (χ4n) is 4.66. The van der Waals surface area contributed by atoms with Gasteiger partial charge in [0.15, 0.2) is 6.07 Å². The number of methoxy groups -OCH3 is 2. The highest BCUT2D eigenvalue weighted by atomic mass is 16.5. The smallest absolute Gasteiger partial charge is 0.329 e. The molecule has 0 bridgehead atoms. The fourth-order valence-corrected chi connectivity index (χ4v) is 4.66. The summed E-state index contributed by atoms with van der Waals surface area (Å²) < 4.78 is 14.7. The van der Waals surface area contributed by atoms with Crippen LogP contribution < -0.4 is 10.1 Å². The van der Waals surface area contributed by atoms with E-state index in [2.05, 4.69) is 15.5 Å². The monoisotopic (exact) mass is 604 g/mol. The molecule has 2 heterocycles. The minimum absolute atomic E-state index is 0.0287. The van der Waals surface area contributed by atoms with E-state index in [1.807, 2.05) is 0 Å². The summed E-state index contributed by atoms with van der Waals surface area (Å²) in [5.41, 5.74) is 1.35. The van der Waals surface area contributed by atoms with Crippen molar-refractivity contribution in [1.82, 2.24) is 25.3 Å². The van der Waals surface area contributed by atoms with Gasteiger partial charge in [-0.25, -0.2) is 0 Å². The molecule has 1 aromatic heterocycles. The van der Waals surface area contributed by atoms with Crippen molar-refractivity contribution >= 4 is 29.7 Å². The molecule has 3 amide bonds. The van der Waals surface area contributed by atoms with E-state index in [4.69, 9.17) is 19.3 Å². The topological polar surface area (TPSA) is 205 Å². The number of carbonyl (C=O) groups is 5. The summed E-state index contributed by atoms with van der Waals surface area (Å²) in [4.78, 5) is 70.2. The second-order valence-corrected chi connectivity index (χ2v) is 9.67. The van der Waals surface area contributed by atoms with Gasteiger partial charge >= 0.3 is 17.8 Å². The van der Waals surface area contributed by atoms with Crippen molar-refractivity contribution in [3.8, 4) is 23.2 Å². The second kappa shape index (κ2) is 13.9. The summed E-state index contributed by atoms with van der Waals surface area (Å²) in [6.45, 7) is -0.746. The number of rotatable bonds is 11. The molecule has 2 aromatic carbocycles. The summed E-state index contributed by atoms with van der Waals surface area (Å²) in [5, 5.41) is 24.6. The molecule has 44 heavy (non-hydrogen) atoms. The van der Waals surface area contributed by atoms with E-state index in [0.29, 0.717) is 16.9 Å². The number of nitrogens with one attached hydrogen (secondary N) is 1. The van der Waals surface area contributed by atoms with Crippen LogP contribution in [0.5, 0.6) is 5.75 Å². The molecule has 228 valence electrons. The maximum atomic E-state index is 14.0. The van der Waals surface area contributed by atoms with Crippen LogP contribution in [-0.2, 0) is 30.3 Å². The Labute approximate surface area is 250 Å². The molecule has 1 aliphatic heterocycles. The van der Waals surface area contributed by atoms with Gasteiger partial charge in [0.1, 0.15) is 24.4 Å². The first-order chi connectivity index (χ1) is 21.1. The normalized spacial score (nSPS) is 15.2. The van der Waals surface area contributed by atoms with E-state index in [1.165, 1.54) is 24.1 Å². The average Bonchev–Trinajstić information content (AvgIpc) is 3.52. The molecular weight excluding hydrogens is 576 g/mol. The van der Waals surface area contributed by atoms with Gasteiger partial charge in [-0.05, 0) is 29.8 Å². The zero-order chi connectivity index (χ0) is 31.8. The molecular formula is C29H28N6O9. The number of ether oxygens (including phenoxy) is 2. The Morgan fingerprint density at radius 2 is 1.82 bits per heavy atom. The van der Waals surface area contributed by atoms with Crippen molar-refractivity contribution in [2.24, 2.45) is 0 Å². The predicted molar refractivity (Wildman–Crippen MR) is 149 cm³/mol. The van der Waals surface area contributed by atoms with Crippen molar-refractivity contribution in [3.05, 3.63) is 65.5 Å². The van der Waals surface area contributed by atoms with Crippen LogP contribution in [-0.4, -0.2) is 101 Å². The van der Waals surface area contributed by atoms with Gasteiger partial charge in [-0.2, -0.15) is 10.2 Å². The van der Waals surface area contributed by atoms with E-state index < -0.39 is 54.7 Å². The predicted octanol–water partition coefficient (Wildman–Crippen LogP) is 0.645. The summed E-state index contributed by atoms with van der Waals surface area (Å²) in [6.07, 6.45) is -0.466. The number of piperazine rings is 1. The van der Waals surface area contributed by atoms with Crippen LogP contribution in [0.1, 0.15) is 28.2 Å². The Kier molecular flexibility index (Phi) is 9.86. The maximum absolute atomic E-state index is 14.0. The van der Waals surface area contributed by atoms with Crippen LogP contribution in [0.2, 0.25) is 0 Å². The third-order valence-electron chi connectivity index (χ3n) is 6.91. The Hall–Kier alpha value is -5.78. The number of benzene rings is 2. The summed E-state index contributed by atoms with van der Waals surface area (Å²) >= 11 is 0. The summed E-state index contributed by atoms with van der Waals surface area (Å²) in [6, 6.07) is 12.1. The van der Waals surface area contributed by atoms with E-state index in [0.717, 1.165) is 12.0 Å². The summed E-state index contributed by atoms with van der Waals surface area (Å²) in [7, 11) is 2.65. The van der Waals surface area contributed by atoms with Crippen molar-refractivity contribution in [2.45, 2.75) is 24.9 Å². The first kappa shape index (κ1) is 31.2. The molecule has 2 N–H and O–H groups in total. The highest BCUT2D eigenvalue weighted by Gasteiger charge is 2.42. The van der Waals surface area contributed by atoms with Crippen molar-refractivity contribution in [2.75, 3.05) is 33.9 Å². The molecule has 15 nitrogen and oxygen atoms in total. The Morgan fingerprint density at radius 3 is 2.41 bits per heavy atom. The molecule has 0 spiro atoms. The Bertz CT molecular complexity index is 1580. The molecule has 0 saturated carbocycles. The molecule has 1 aliphatic rings. The first-order valence-electron chi connectivity index (χ1n) is 13.3. The molecule has 1 saturated heterocycles. The number of amides is 3. The van der Waals surface area contributed by atoms with Crippen molar-refractivity contribution in [1.29, 1.82) is 5.26 Å². The van der Waals surface area contributed by atoms with Gasteiger partial charge in [0.2, 0.25) is 17.6 Å². The fraction of sp³-hybridized carbons (Fsp3) is 0.310. The van der Waals surface area contributed by atoms with E-state index in [9.17, 15) is 29.1 Å². The summed E-state index contributed by atoms with van der Waals surface area (Å²) in [5.74, 6) is -3.44. The Morgan fingerprint density at radius 1 is 1.11 bits per heavy atom. The SMILES string of the molecule is COC(=O)C[C@H]1C(=O)N(CC(=O)O)CCN1C(=O)[C@H](Cc1ccc(OC)cc1)NC(=O)c1ccc(-c2noc(C#N)n2)cc1. The Balaban J connectivity index is 1.60. The minimum Gasteiger partial charge on any atom is -0.497 e. The standard InChI is InChI=1S/C29H28N6O9/c1-42-20-9-3-17(4-10-20)13-21(31-27(39)19-7-5-18(6-8-19)26-32-23(15-30)44-33-26)28(40)35-12-11-34(16-24(36)37)29(41)22(35)14-25(38)43-2/h3-10,21-22H,11-14,16H2,1-2H3,(H,31,39)(H,36,37)/t21-,22-/m0/s1. The lowest BCUT2D eigenvalue weighted by atomic mass is 10.0. The third kappa shape index (κ3) is 7.34. The highest BCUT2D eigenvalue weighted by Crippen LogP contribution is 2.21. The molecule has 4 rings (SSSR count). The number of hydrogen-bond donors (Lipinski definition) is 2. The van der Waals surface area contributed by atoms with Crippen LogP contribution in [0.15, 0.2) is 53.1 Å². The van der Waals surface area contributed by atoms with Crippen molar-refractivity contribution < 1.29 is 43.1 Å². The van der Waals surface area contributed by atoms with Gasteiger partial charge in [-0.3, -0.25) is 24.0 Å². The quantitative estimate of drug-likeness (QED) is 0.289. The zero-order valence-electron chi connectivity index (χ0n) is 23.8. The lowest BCUT2D eigenvalue weighted by molar-refractivity contribution is -0.159. The van der Waals surface area contributed by atoms with E-state index in [1.54, 1.807) is 42.5 Å². The first-order valence-corrected chi connectivity index (χ1v) is 13.3. The largest absolute Gasteiger partial charge is 0.497 e. The van der Waals surface area contributed by atoms with Gasteiger partial charge in [-0.15, -0.1) is 0 Å². The van der Waals surface area contributed by atoms with Gasteiger partial charge in [0.25, 0.3) is 5.91 Å². The highest BCUT2D eigenvalue weighted by molar-refractivity contribution is 5.99. The molecule has 2 atom stereocenters. The molecule has 1 fully saturated rings. The molecule has 0 radical (unpaired) electrons. The number of nitrogens with zero attached hydrogens (tertiary/aromatic N) is 5. The van der Waals surface area contributed by atoms with Crippen LogP contribution in [0, 0.1) is 11.3 Å². The van der Waals surface area contributed by atoms with Crippen LogP contribution in [0.3, 0.4) is 0 Å². The maximum Gasteiger partial charge on any atom is 0.329 e. The van der Waals surface area contributed by atoms with Gasteiger partial charge in [-0.1, -0.05) is 29.4 Å². The molecule has 15 heteroatoms. The van der Waals surface area contributed by atoms with E-state index >= 15 is 0 Å².